The van der Waals surface area contributed by atoms with Crippen molar-refractivity contribution in [1.29, 1.82) is 0 Å². The van der Waals surface area contributed by atoms with Crippen LogP contribution in [-0.2, 0) is 17.6 Å². The third-order valence-electron chi connectivity index (χ3n) is 8.77. The molecule has 0 aromatic heterocycles. The van der Waals surface area contributed by atoms with Gasteiger partial charge in [0.25, 0.3) is 0 Å². The van der Waals surface area contributed by atoms with Gasteiger partial charge in [0.05, 0.1) is 6.10 Å². The lowest BCUT2D eigenvalue weighted by atomic mass is 9.65. The van der Waals surface area contributed by atoms with Crippen LogP contribution in [0.1, 0.15) is 120 Å². The van der Waals surface area contributed by atoms with Gasteiger partial charge in [0.15, 0.2) is 0 Å². The molecule has 5 atom stereocenters. The van der Waals surface area contributed by atoms with Gasteiger partial charge in [-0.15, -0.1) is 0 Å². The normalized spacial score (nSPS) is 30.6. The molecule has 0 heterocycles. The highest BCUT2D eigenvalue weighted by Crippen LogP contribution is 2.47. The van der Waals surface area contributed by atoms with Crippen LogP contribution >= 0.6 is 0 Å². The Morgan fingerprint density at radius 3 is 2.52 bits per heavy atom. The maximum atomic E-state index is 15.2. The molecule has 1 aromatic carbocycles. The molecule has 3 aliphatic carbocycles. The average Bonchev–Trinajstić information content (AvgIpc) is 2.78. The number of hydrogen-bond donors (Lipinski definition) is 0. The largest absolute Gasteiger partial charge is 0.378 e. The van der Waals surface area contributed by atoms with E-state index in [4.69, 9.17) is 4.74 Å². The molecule has 0 radical (unpaired) electrons. The molecule has 1 nitrogen and oxygen atoms in total. The van der Waals surface area contributed by atoms with E-state index in [0.717, 1.165) is 49.2 Å². The van der Waals surface area contributed by atoms with Crippen molar-refractivity contribution in [3.63, 3.8) is 0 Å². The van der Waals surface area contributed by atoms with E-state index in [0.29, 0.717) is 12.0 Å². The fourth-order valence-electron chi connectivity index (χ4n) is 6.99. The molecule has 2 heteroatoms. The van der Waals surface area contributed by atoms with E-state index in [1.165, 1.54) is 88.2 Å². The smallest absolute Gasteiger partial charge is 0.126 e. The number of aryl methyl sites for hydroxylation is 1. The Balaban J connectivity index is 1.33. The number of halogens is 1. The molecule has 1 aromatic rings. The topological polar surface area (TPSA) is 9.23 Å². The van der Waals surface area contributed by atoms with Crippen molar-refractivity contribution in [2.24, 2.45) is 17.8 Å². The summed E-state index contributed by atoms with van der Waals surface area (Å²) in [6.07, 6.45) is 19.5. The molecule has 0 aliphatic heterocycles. The van der Waals surface area contributed by atoms with Crippen LogP contribution in [0.4, 0.5) is 4.39 Å². The summed E-state index contributed by atoms with van der Waals surface area (Å²) in [5, 5.41) is 0. The van der Waals surface area contributed by atoms with Crippen LogP contribution in [0.3, 0.4) is 0 Å². The minimum atomic E-state index is 0.0915. The quantitative estimate of drug-likeness (QED) is 0.359. The monoisotopic (exact) mass is 428 g/mol. The minimum Gasteiger partial charge on any atom is -0.378 e. The second-order valence-corrected chi connectivity index (χ2v) is 10.9. The molecule has 2 fully saturated rings. The molecule has 31 heavy (non-hydrogen) atoms. The average molecular weight is 429 g/mol. The molecule has 174 valence electrons. The Morgan fingerprint density at radius 2 is 1.68 bits per heavy atom. The standard InChI is InChI=1S/C29H45FO/c1-3-5-6-7-8-9-21-10-11-24-19-28(29(30)20-26(24)16-21)25-13-12-23-18-27(31-4-2)15-14-22(23)17-25/h19-23,25,27H,3-18H2,1-2H3. The van der Waals surface area contributed by atoms with Gasteiger partial charge in [0, 0.05) is 6.61 Å². The first kappa shape index (κ1) is 23.3. The lowest BCUT2D eigenvalue weighted by Crippen LogP contribution is -2.34. The summed E-state index contributed by atoms with van der Waals surface area (Å²) in [5.74, 6) is 2.89. The van der Waals surface area contributed by atoms with Crippen molar-refractivity contribution in [1.82, 2.24) is 0 Å². The third-order valence-corrected chi connectivity index (χ3v) is 8.77. The summed E-state index contributed by atoms with van der Waals surface area (Å²) in [5.41, 5.74) is 3.82. The molecule has 2 saturated carbocycles. The molecule has 3 aliphatic rings. The van der Waals surface area contributed by atoms with Gasteiger partial charge in [-0.1, -0.05) is 51.5 Å². The third kappa shape index (κ3) is 5.92. The zero-order valence-corrected chi connectivity index (χ0v) is 20.1. The van der Waals surface area contributed by atoms with Crippen LogP contribution in [0.2, 0.25) is 0 Å². The lowest BCUT2D eigenvalue weighted by molar-refractivity contribution is -0.00969. The van der Waals surface area contributed by atoms with Crippen molar-refractivity contribution in [3.8, 4) is 0 Å². The number of fused-ring (bicyclic) bond motifs is 2. The zero-order chi connectivity index (χ0) is 21.6. The molecule has 5 unspecified atom stereocenters. The predicted molar refractivity (Wildman–Crippen MR) is 128 cm³/mol. The van der Waals surface area contributed by atoms with Crippen LogP contribution in [0.15, 0.2) is 12.1 Å². The SMILES string of the molecule is CCCCCCCC1CCc2cc(C3CCC4CC(OCC)CCC4C3)c(F)cc2C1. The van der Waals surface area contributed by atoms with Crippen molar-refractivity contribution in [3.05, 3.63) is 34.6 Å². The Bertz CT molecular complexity index is 698. The van der Waals surface area contributed by atoms with Crippen LogP contribution in [-0.4, -0.2) is 12.7 Å². The molecular weight excluding hydrogens is 383 g/mol. The van der Waals surface area contributed by atoms with E-state index in [1.54, 1.807) is 0 Å². The van der Waals surface area contributed by atoms with Gasteiger partial charge < -0.3 is 4.74 Å². The summed E-state index contributed by atoms with van der Waals surface area (Å²) in [7, 11) is 0. The molecule has 0 spiro atoms. The van der Waals surface area contributed by atoms with E-state index in [9.17, 15) is 0 Å². The Hall–Kier alpha value is -0.890. The molecule has 0 bridgehead atoms. The van der Waals surface area contributed by atoms with Crippen molar-refractivity contribution >= 4 is 0 Å². The number of ether oxygens (including phenoxy) is 1. The first-order valence-corrected chi connectivity index (χ1v) is 13.6. The van der Waals surface area contributed by atoms with Gasteiger partial charge in [0.1, 0.15) is 5.82 Å². The number of unbranched alkanes of at least 4 members (excludes halogenated alkanes) is 4. The van der Waals surface area contributed by atoms with E-state index < -0.39 is 0 Å². The van der Waals surface area contributed by atoms with Gasteiger partial charge in [-0.25, -0.2) is 4.39 Å². The van der Waals surface area contributed by atoms with E-state index >= 15 is 4.39 Å². The number of rotatable bonds is 9. The van der Waals surface area contributed by atoms with E-state index in [1.807, 2.05) is 6.07 Å². The van der Waals surface area contributed by atoms with Gasteiger partial charge in [-0.2, -0.15) is 0 Å². The van der Waals surface area contributed by atoms with Crippen molar-refractivity contribution < 1.29 is 9.13 Å². The second kappa shape index (κ2) is 11.3. The summed E-state index contributed by atoms with van der Waals surface area (Å²) in [4.78, 5) is 0. The highest BCUT2D eigenvalue weighted by molar-refractivity contribution is 5.37. The zero-order valence-electron chi connectivity index (χ0n) is 20.1. The van der Waals surface area contributed by atoms with Gasteiger partial charge in [-0.3, -0.25) is 0 Å². The van der Waals surface area contributed by atoms with Gasteiger partial charge in [0.2, 0.25) is 0 Å². The fraction of sp³-hybridized carbons (Fsp3) is 0.793. The summed E-state index contributed by atoms with van der Waals surface area (Å²) >= 11 is 0. The first-order valence-electron chi connectivity index (χ1n) is 13.6. The highest BCUT2D eigenvalue weighted by atomic mass is 19.1. The van der Waals surface area contributed by atoms with Crippen molar-refractivity contribution in [2.75, 3.05) is 6.61 Å². The Morgan fingerprint density at radius 1 is 0.871 bits per heavy atom. The number of hydrogen-bond acceptors (Lipinski definition) is 1. The maximum Gasteiger partial charge on any atom is 0.126 e. The molecule has 4 rings (SSSR count). The molecule has 0 saturated heterocycles. The summed E-state index contributed by atoms with van der Waals surface area (Å²) in [6, 6.07) is 4.23. The van der Waals surface area contributed by atoms with Crippen molar-refractivity contribution in [2.45, 2.75) is 122 Å². The van der Waals surface area contributed by atoms with Crippen LogP contribution in [0, 0.1) is 23.6 Å². The molecule has 0 amide bonds. The summed E-state index contributed by atoms with van der Waals surface area (Å²) in [6.45, 7) is 5.22. The van der Waals surface area contributed by atoms with Gasteiger partial charge >= 0.3 is 0 Å². The molecular formula is C29H45FO. The number of benzene rings is 1. The predicted octanol–water partition coefficient (Wildman–Crippen LogP) is 8.38. The van der Waals surface area contributed by atoms with Gasteiger partial charge in [-0.05, 0) is 111 Å². The fourth-order valence-corrected chi connectivity index (χ4v) is 6.99. The van der Waals surface area contributed by atoms with E-state index in [2.05, 4.69) is 19.9 Å². The summed E-state index contributed by atoms with van der Waals surface area (Å²) < 4.78 is 21.2. The van der Waals surface area contributed by atoms with E-state index in [-0.39, 0.29) is 5.82 Å². The van der Waals surface area contributed by atoms with Crippen LogP contribution in [0.5, 0.6) is 0 Å². The highest BCUT2D eigenvalue weighted by Gasteiger charge is 2.37. The van der Waals surface area contributed by atoms with Crippen LogP contribution < -0.4 is 0 Å². The maximum absolute atomic E-state index is 15.2. The first-order chi connectivity index (χ1) is 15.2. The lowest BCUT2D eigenvalue weighted by Gasteiger charge is -2.42. The molecule has 0 N–H and O–H groups in total. The minimum absolute atomic E-state index is 0.0915. The Labute approximate surface area is 190 Å². The Kier molecular flexibility index (Phi) is 8.49. The van der Waals surface area contributed by atoms with Crippen LogP contribution in [0.25, 0.3) is 0 Å². The second-order valence-electron chi connectivity index (χ2n) is 10.9.